The molecule has 0 bridgehead atoms. The first kappa shape index (κ1) is 16.2. The molecule has 0 saturated carbocycles. The Balaban J connectivity index is 1.97. The van der Waals surface area contributed by atoms with Crippen LogP contribution in [-0.2, 0) is 4.79 Å². The van der Waals surface area contributed by atoms with E-state index in [1.165, 1.54) is 6.21 Å². The number of rotatable bonds is 5. The standard InChI is InChI=1S/C16H15BrN2O3/c1-22-14-8-7-11(9-13(14)17)10-18-19-16(21)15(20)12-5-3-2-4-6-12/h2-10,15,20H,1H3,(H,19,21)/b18-10-/t15-/m0/s1. The average molecular weight is 363 g/mol. The highest BCUT2D eigenvalue weighted by Crippen LogP contribution is 2.24. The number of ether oxygens (including phenoxy) is 1. The number of benzene rings is 2. The minimum atomic E-state index is -1.25. The molecular formula is C16H15BrN2O3. The van der Waals surface area contributed by atoms with Crippen molar-refractivity contribution in [2.45, 2.75) is 6.10 Å². The van der Waals surface area contributed by atoms with Crippen LogP contribution in [0.15, 0.2) is 58.1 Å². The molecule has 1 amide bonds. The number of carbonyl (C=O) groups excluding carboxylic acids is 1. The average Bonchev–Trinajstić information content (AvgIpc) is 2.55. The van der Waals surface area contributed by atoms with Gasteiger partial charge in [0.05, 0.1) is 17.8 Å². The summed E-state index contributed by atoms with van der Waals surface area (Å²) in [7, 11) is 1.58. The molecule has 0 saturated heterocycles. The summed E-state index contributed by atoms with van der Waals surface area (Å²) < 4.78 is 5.92. The van der Waals surface area contributed by atoms with Crippen LogP contribution >= 0.6 is 15.9 Å². The Morgan fingerprint density at radius 1 is 1.32 bits per heavy atom. The molecule has 2 aromatic rings. The molecule has 2 rings (SSSR count). The molecule has 0 spiro atoms. The second-order valence-corrected chi connectivity index (χ2v) is 5.30. The van der Waals surface area contributed by atoms with E-state index in [1.807, 2.05) is 12.1 Å². The number of nitrogens with zero attached hydrogens (tertiary/aromatic N) is 1. The van der Waals surface area contributed by atoms with E-state index in [2.05, 4.69) is 26.5 Å². The number of halogens is 1. The molecule has 0 unspecified atom stereocenters. The van der Waals surface area contributed by atoms with E-state index in [9.17, 15) is 9.90 Å². The Labute approximate surface area is 136 Å². The molecule has 0 aliphatic rings. The second kappa shape index (κ2) is 7.72. The van der Waals surface area contributed by atoms with E-state index in [0.29, 0.717) is 11.3 Å². The van der Waals surface area contributed by atoms with Crippen molar-refractivity contribution < 1.29 is 14.6 Å². The number of methoxy groups -OCH3 is 1. The molecule has 1 atom stereocenters. The lowest BCUT2D eigenvalue weighted by atomic mass is 10.1. The van der Waals surface area contributed by atoms with Crippen molar-refractivity contribution in [1.82, 2.24) is 5.43 Å². The molecule has 0 heterocycles. The largest absolute Gasteiger partial charge is 0.496 e. The Kier molecular flexibility index (Phi) is 5.68. The molecule has 0 fully saturated rings. The predicted molar refractivity (Wildman–Crippen MR) is 87.8 cm³/mol. The van der Waals surface area contributed by atoms with Crippen LogP contribution in [0.25, 0.3) is 0 Å². The molecule has 22 heavy (non-hydrogen) atoms. The van der Waals surface area contributed by atoms with Crippen LogP contribution in [0.2, 0.25) is 0 Å². The van der Waals surface area contributed by atoms with Gasteiger partial charge in [-0.25, -0.2) is 5.43 Å². The van der Waals surface area contributed by atoms with E-state index >= 15 is 0 Å². The Morgan fingerprint density at radius 3 is 2.68 bits per heavy atom. The topological polar surface area (TPSA) is 70.9 Å². The molecule has 2 N–H and O–H groups in total. The maximum Gasteiger partial charge on any atom is 0.273 e. The number of aliphatic hydroxyl groups is 1. The third-order valence-corrected chi connectivity index (χ3v) is 3.55. The van der Waals surface area contributed by atoms with Crippen LogP contribution in [0, 0.1) is 0 Å². The molecule has 0 aliphatic carbocycles. The van der Waals surface area contributed by atoms with Crippen molar-refractivity contribution in [1.29, 1.82) is 0 Å². The van der Waals surface area contributed by atoms with Gasteiger partial charge in [-0.15, -0.1) is 0 Å². The lowest BCUT2D eigenvalue weighted by molar-refractivity contribution is -0.129. The maximum absolute atomic E-state index is 11.8. The van der Waals surface area contributed by atoms with Crippen molar-refractivity contribution in [2.75, 3.05) is 7.11 Å². The summed E-state index contributed by atoms with van der Waals surface area (Å²) >= 11 is 3.37. The summed E-state index contributed by atoms with van der Waals surface area (Å²) in [5.74, 6) is 0.121. The number of hydrogen-bond acceptors (Lipinski definition) is 4. The van der Waals surface area contributed by atoms with Crippen LogP contribution in [0.4, 0.5) is 0 Å². The van der Waals surface area contributed by atoms with Gasteiger partial charge in [-0.05, 0) is 45.3 Å². The van der Waals surface area contributed by atoms with E-state index < -0.39 is 12.0 Å². The smallest absolute Gasteiger partial charge is 0.273 e. The number of nitrogens with one attached hydrogen (secondary N) is 1. The lowest BCUT2D eigenvalue weighted by Crippen LogP contribution is -2.25. The maximum atomic E-state index is 11.8. The van der Waals surface area contributed by atoms with Crippen LogP contribution < -0.4 is 10.2 Å². The highest BCUT2D eigenvalue weighted by atomic mass is 79.9. The summed E-state index contributed by atoms with van der Waals surface area (Å²) in [5.41, 5.74) is 3.61. The van der Waals surface area contributed by atoms with Gasteiger partial charge in [0.15, 0.2) is 6.10 Å². The monoisotopic (exact) mass is 362 g/mol. The quantitative estimate of drug-likeness (QED) is 0.634. The summed E-state index contributed by atoms with van der Waals surface area (Å²) in [6.45, 7) is 0. The first-order valence-corrected chi connectivity index (χ1v) is 7.30. The number of amides is 1. The Morgan fingerprint density at radius 2 is 2.05 bits per heavy atom. The van der Waals surface area contributed by atoms with Crippen molar-refractivity contribution in [2.24, 2.45) is 5.10 Å². The normalized spacial score (nSPS) is 12.1. The van der Waals surface area contributed by atoms with Crippen LogP contribution in [0.5, 0.6) is 5.75 Å². The molecule has 6 heteroatoms. The van der Waals surface area contributed by atoms with E-state index in [0.717, 1.165) is 10.0 Å². The number of carbonyl (C=O) groups is 1. The van der Waals surface area contributed by atoms with Crippen LogP contribution in [-0.4, -0.2) is 24.3 Å². The van der Waals surface area contributed by atoms with Crippen molar-refractivity contribution >= 4 is 28.1 Å². The van der Waals surface area contributed by atoms with Gasteiger partial charge in [-0.2, -0.15) is 5.10 Å². The molecule has 2 aromatic carbocycles. The molecular weight excluding hydrogens is 348 g/mol. The van der Waals surface area contributed by atoms with Gasteiger partial charge in [-0.3, -0.25) is 4.79 Å². The highest BCUT2D eigenvalue weighted by Gasteiger charge is 2.15. The number of hydrazone groups is 1. The summed E-state index contributed by atoms with van der Waals surface area (Å²) in [6.07, 6.45) is 0.237. The lowest BCUT2D eigenvalue weighted by Gasteiger charge is -2.08. The number of aliphatic hydroxyl groups excluding tert-OH is 1. The predicted octanol–water partition coefficient (Wildman–Crippen LogP) is 2.64. The van der Waals surface area contributed by atoms with Gasteiger partial charge in [0.25, 0.3) is 5.91 Å². The van der Waals surface area contributed by atoms with Gasteiger partial charge >= 0.3 is 0 Å². The second-order valence-electron chi connectivity index (χ2n) is 4.44. The van der Waals surface area contributed by atoms with E-state index in [1.54, 1.807) is 43.5 Å². The zero-order chi connectivity index (χ0) is 15.9. The minimum absolute atomic E-state index is 0.516. The highest BCUT2D eigenvalue weighted by molar-refractivity contribution is 9.10. The SMILES string of the molecule is COc1ccc(/C=N\NC(=O)[C@@H](O)c2ccccc2)cc1Br. The van der Waals surface area contributed by atoms with Gasteiger partial charge in [-0.1, -0.05) is 30.3 Å². The van der Waals surface area contributed by atoms with E-state index in [4.69, 9.17) is 4.74 Å². The molecule has 114 valence electrons. The van der Waals surface area contributed by atoms with Crippen LogP contribution in [0.1, 0.15) is 17.2 Å². The van der Waals surface area contributed by atoms with Gasteiger partial charge in [0, 0.05) is 0 Å². The molecule has 0 radical (unpaired) electrons. The third kappa shape index (κ3) is 4.16. The fraction of sp³-hybridized carbons (Fsp3) is 0.125. The molecule has 5 nitrogen and oxygen atoms in total. The van der Waals surface area contributed by atoms with Crippen molar-refractivity contribution in [3.05, 3.63) is 64.1 Å². The zero-order valence-electron chi connectivity index (χ0n) is 11.9. The minimum Gasteiger partial charge on any atom is -0.496 e. The third-order valence-electron chi connectivity index (χ3n) is 2.93. The van der Waals surface area contributed by atoms with Crippen molar-refractivity contribution in [3.8, 4) is 5.75 Å². The first-order valence-electron chi connectivity index (χ1n) is 6.51. The van der Waals surface area contributed by atoms with Crippen LogP contribution in [0.3, 0.4) is 0 Å². The first-order chi connectivity index (χ1) is 10.6. The zero-order valence-corrected chi connectivity index (χ0v) is 13.4. The van der Waals surface area contributed by atoms with Gasteiger partial charge in [0.2, 0.25) is 0 Å². The summed E-state index contributed by atoms with van der Waals surface area (Å²) in [5, 5.41) is 13.7. The van der Waals surface area contributed by atoms with Gasteiger partial charge < -0.3 is 9.84 Å². The van der Waals surface area contributed by atoms with Gasteiger partial charge in [0.1, 0.15) is 5.75 Å². The Hall–Kier alpha value is -2.18. The fourth-order valence-electron chi connectivity index (χ4n) is 1.78. The summed E-state index contributed by atoms with van der Waals surface area (Å²) in [4.78, 5) is 11.8. The molecule has 0 aromatic heterocycles. The number of hydrogen-bond donors (Lipinski definition) is 2. The van der Waals surface area contributed by atoms with Crippen molar-refractivity contribution in [3.63, 3.8) is 0 Å². The van der Waals surface area contributed by atoms with E-state index in [-0.39, 0.29) is 0 Å². The Bertz CT molecular complexity index is 674. The molecule has 0 aliphatic heterocycles. The summed E-state index contributed by atoms with van der Waals surface area (Å²) in [6, 6.07) is 14.1. The fourth-order valence-corrected chi connectivity index (χ4v) is 2.34.